The third-order valence-corrected chi connectivity index (χ3v) is 6.13. The van der Waals surface area contributed by atoms with E-state index < -0.39 is 23.7 Å². The summed E-state index contributed by atoms with van der Waals surface area (Å²) in [7, 11) is 1.64. The van der Waals surface area contributed by atoms with Gasteiger partial charge in [0.1, 0.15) is 0 Å². The van der Waals surface area contributed by atoms with Gasteiger partial charge >= 0.3 is 6.61 Å². The molecule has 3 aliphatic rings. The van der Waals surface area contributed by atoms with Gasteiger partial charge in [-0.05, 0) is 43.2 Å². The maximum absolute atomic E-state index is 13.2. The topological polar surface area (TPSA) is 67.9 Å². The van der Waals surface area contributed by atoms with Gasteiger partial charge in [-0.1, -0.05) is 24.3 Å². The lowest BCUT2D eigenvalue weighted by atomic mass is 9.61. The fraction of sp³-hybridized carbons (Fsp3) is 0.556. The van der Waals surface area contributed by atoms with Crippen LogP contribution in [0.1, 0.15) is 36.8 Å². The molecule has 0 bridgehead atoms. The highest BCUT2D eigenvalue weighted by Gasteiger charge is 2.66. The first-order valence-electron chi connectivity index (χ1n) is 8.55. The lowest BCUT2D eigenvalue weighted by Gasteiger charge is -2.45. The molecular formula is C18H21F2N3O2. The van der Waals surface area contributed by atoms with E-state index in [1.807, 2.05) is 24.3 Å². The first kappa shape index (κ1) is 16.4. The second-order valence-corrected chi connectivity index (χ2v) is 7.25. The number of carbonyl (C=O) groups excluding carboxylic acids is 1. The summed E-state index contributed by atoms with van der Waals surface area (Å²) in [6.07, 6.45) is 2.44. The van der Waals surface area contributed by atoms with E-state index in [1.165, 1.54) is 4.90 Å². The van der Waals surface area contributed by atoms with Gasteiger partial charge < -0.3 is 10.5 Å². The van der Waals surface area contributed by atoms with E-state index in [4.69, 9.17) is 10.5 Å². The van der Waals surface area contributed by atoms with Gasteiger partial charge in [0.05, 0.1) is 6.10 Å². The zero-order valence-electron chi connectivity index (χ0n) is 14.0. The van der Waals surface area contributed by atoms with E-state index in [0.717, 1.165) is 11.1 Å². The number of halogens is 2. The van der Waals surface area contributed by atoms with Gasteiger partial charge in [0.25, 0.3) is 5.91 Å². The molecule has 1 unspecified atom stereocenters. The monoisotopic (exact) mass is 349 g/mol. The van der Waals surface area contributed by atoms with Crippen molar-refractivity contribution >= 4 is 11.9 Å². The van der Waals surface area contributed by atoms with Crippen LogP contribution in [-0.4, -0.2) is 36.5 Å². The number of fused-ring (bicyclic) bond motifs is 3. The number of alkyl halides is 2. The van der Waals surface area contributed by atoms with Crippen molar-refractivity contribution in [1.29, 1.82) is 0 Å². The molecule has 5 nitrogen and oxygen atoms in total. The number of nitrogens with zero attached hydrogens (tertiary/aromatic N) is 2. The number of hydrogen-bond acceptors (Lipinski definition) is 4. The summed E-state index contributed by atoms with van der Waals surface area (Å²) in [6, 6.07) is 7.82. The summed E-state index contributed by atoms with van der Waals surface area (Å²) in [6.45, 7) is -2.76. The van der Waals surface area contributed by atoms with Crippen LogP contribution >= 0.6 is 0 Å². The van der Waals surface area contributed by atoms with Crippen LogP contribution < -0.4 is 5.73 Å². The molecule has 25 heavy (non-hydrogen) atoms. The summed E-state index contributed by atoms with van der Waals surface area (Å²) in [4.78, 5) is 19.3. The van der Waals surface area contributed by atoms with Gasteiger partial charge in [0, 0.05) is 12.5 Å². The Labute approximate surface area is 144 Å². The zero-order chi connectivity index (χ0) is 17.8. The molecule has 1 fully saturated rings. The van der Waals surface area contributed by atoms with Crippen LogP contribution in [-0.2, 0) is 21.5 Å². The Kier molecular flexibility index (Phi) is 3.61. The first-order valence-corrected chi connectivity index (χ1v) is 8.55. The summed E-state index contributed by atoms with van der Waals surface area (Å²) in [5.41, 5.74) is 6.54. The molecule has 0 aromatic heterocycles. The summed E-state index contributed by atoms with van der Waals surface area (Å²) in [5.74, 6) is 0.0928. The molecule has 134 valence electrons. The van der Waals surface area contributed by atoms with Crippen molar-refractivity contribution in [2.75, 3.05) is 7.05 Å². The molecule has 2 spiro atoms. The molecule has 4 rings (SSSR count). The largest absolute Gasteiger partial charge is 0.369 e. The van der Waals surface area contributed by atoms with Crippen LogP contribution in [0, 0.1) is 5.41 Å². The van der Waals surface area contributed by atoms with Crippen molar-refractivity contribution in [3.63, 3.8) is 0 Å². The van der Waals surface area contributed by atoms with E-state index in [9.17, 15) is 13.6 Å². The highest BCUT2D eigenvalue weighted by molar-refractivity contribution is 6.08. The molecule has 1 atom stereocenters. The minimum Gasteiger partial charge on any atom is -0.369 e. The van der Waals surface area contributed by atoms with E-state index in [0.29, 0.717) is 32.1 Å². The van der Waals surface area contributed by atoms with Gasteiger partial charge in [0.2, 0.25) is 0 Å². The number of rotatable bonds is 2. The lowest BCUT2D eigenvalue weighted by Crippen LogP contribution is -2.51. The summed E-state index contributed by atoms with van der Waals surface area (Å²) >= 11 is 0. The molecule has 2 N–H and O–H groups in total. The van der Waals surface area contributed by atoms with Crippen molar-refractivity contribution in [3.05, 3.63) is 35.4 Å². The van der Waals surface area contributed by atoms with E-state index in [2.05, 4.69) is 4.99 Å². The molecule has 1 aliphatic heterocycles. The predicted molar refractivity (Wildman–Crippen MR) is 88.0 cm³/mol. The Bertz CT molecular complexity index is 744. The number of aliphatic imine (C=N–C) groups is 1. The lowest BCUT2D eigenvalue weighted by molar-refractivity contribution is -0.178. The SMILES string of the molecule is CN1C(=O)C2(N=C1N)c1ccccc1C[C@]21CC[C@@H](OC(F)F)CC1. The Hall–Kier alpha value is -2.02. The first-order chi connectivity index (χ1) is 11.9. The predicted octanol–water partition coefficient (Wildman–Crippen LogP) is 2.39. The smallest absolute Gasteiger partial charge is 0.345 e. The Morgan fingerprint density at radius 3 is 2.60 bits per heavy atom. The Morgan fingerprint density at radius 1 is 1.32 bits per heavy atom. The van der Waals surface area contributed by atoms with Gasteiger partial charge in [-0.15, -0.1) is 0 Å². The van der Waals surface area contributed by atoms with Gasteiger partial charge in [0.15, 0.2) is 11.5 Å². The van der Waals surface area contributed by atoms with Crippen molar-refractivity contribution in [3.8, 4) is 0 Å². The normalized spacial score (nSPS) is 34.2. The highest BCUT2D eigenvalue weighted by Crippen LogP contribution is 2.61. The molecule has 2 aliphatic carbocycles. The molecule has 1 heterocycles. The number of amides is 1. The van der Waals surface area contributed by atoms with Crippen LogP contribution in [0.25, 0.3) is 0 Å². The fourth-order valence-corrected chi connectivity index (χ4v) is 4.93. The number of ether oxygens (including phenoxy) is 1. The second kappa shape index (κ2) is 5.49. The van der Waals surface area contributed by atoms with Crippen molar-refractivity contribution in [2.45, 2.75) is 50.4 Å². The summed E-state index contributed by atoms with van der Waals surface area (Å²) in [5, 5.41) is 0. The standard InChI is InChI=1S/C18H21F2N3O2/c1-23-14(24)18(22-16(23)21)13-5-3-2-4-11(13)10-17(18)8-6-12(7-9-17)25-15(19)20/h2-5,12,15H,6-10H2,1H3,(H2,21,22)/t12-,17-,18?. The van der Waals surface area contributed by atoms with Crippen LogP contribution in [0.2, 0.25) is 0 Å². The van der Waals surface area contributed by atoms with Crippen LogP contribution in [0.3, 0.4) is 0 Å². The van der Waals surface area contributed by atoms with Gasteiger partial charge in [-0.25, -0.2) is 4.99 Å². The quantitative estimate of drug-likeness (QED) is 0.891. The van der Waals surface area contributed by atoms with Crippen molar-refractivity contribution in [2.24, 2.45) is 16.1 Å². The Balaban J connectivity index is 1.76. The number of nitrogens with two attached hydrogens (primary N) is 1. The fourth-order valence-electron chi connectivity index (χ4n) is 4.93. The van der Waals surface area contributed by atoms with E-state index in [-0.39, 0.29) is 11.9 Å². The number of benzene rings is 1. The van der Waals surface area contributed by atoms with Crippen molar-refractivity contribution < 1.29 is 18.3 Å². The molecule has 1 amide bonds. The average Bonchev–Trinajstić information content (AvgIpc) is 2.98. The molecule has 0 radical (unpaired) electrons. The van der Waals surface area contributed by atoms with Crippen LogP contribution in [0.4, 0.5) is 8.78 Å². The van der Waals surface area contributed by atoms with Crippen LogP contribution in [0.15, 0.2) is 29.3 Å². The highest BCUT2D eigenvalue weighted by atomic mass is 19.3. The van der Waals surface area contributed by atoms with Crippen molar-refractivity contribution in [1.82, 2.24) is 4.90 Å². The third-order valence-electron chi connectivity index (χ3n) is 6.13. The molecule has 1 aromatic rings. The second-order valence-electron chi connectivity index (χ2n) is 7.25. The van der Waals surface area contributed by atoms with E-state index >= 15 is 0 Å². The third kappa shape index (κ3) is 2.14. The molecule has 1 saturated carbocycles. The maximum atomic E-state index is 13.2. The number of likely N-dealkylation sites (N-methyl/N-ethyl adjacent to an activating group) is 1. The van der Waals surface area contributed by atoms with E-state index in [1.54, 1.807) is 7.05 Å². The number of carbonyl (C=O) groups is 1. The maximum Gasteiger partial charge on any atom is 0.345 e. The summed E-state index contributed by atoms with van der Waals surface area (Å²) < 4.78 is 29.8. The minimum absolute atomic E-state index is 0.122. The van der Waals surface area contributed by atoms with Gasteiger partial charge in [-0.3, -0.25) is 9.69 Å². The minimum atomic E-state index is -2.76. The van der Waals surface area contributed by atoms with Gasteiger partial charge in [-0.2, -0.15) is 8.78 Å². The molecule has 0 saturated heterocycles. The molecular weight excluding hydrogens is 328 g/mol. The number of guanidine groups is 1. The average molecular weight is 349 g/mol. The molecule has 1 aromatic carbocycles. The molecule has 7 heteroatoms. The Morgan fingerprint density at radius 2 is 2.00 bits per heavy atom. The number of hydrogen-bond donors (Lipinski definition) is 1. The zero-order valence-corrected chi connectivity index (χ0v) is 14.0. The van der Waals surface area contributed by atoms with Crippen LogP contribution in [0.5, 0.6) is 0 Å².